The molecule has 35 heavy (non-hydrogen) atoms. The van der Waals surface area contributed by atoms with Gasteiger partial charge in [0.25, 0.3) is 0 Å². The largest absolute Gasteiger partial charge is 0.445 e. The topological polar surface area (TPSA) is 71.6 Å². The van der Waals surface area contributed by atoms with E-state index in [2.05, 4.69) is 38.8 Å². The van der Waals surface area contributed by atoms with Crippen LogP contribution in [0, 0.1) is 5.82 Å². The Morgan fingerprint density at radius 1 is 1.14 bits per heavy atom. The molecule has 1 aromatic heterocycles. The molecule has 2 heterocycles. The molecule has 1 fully saturated rings. The summed E-state index contributed by atoms with van der Waals surface area (Å²) in [7, 11) is -2.12. The Morgan fingerprint density at radius 2 is 1.86 bits per heavy atom. The number of fused-ring (bicyclic) bond motifs is 1. The van der Waals surface area contributed by atoms with Gasteiger partial charge in [0, 0.05) is 35.6 Å². The molecule has 1 aliphatic rings. The van der Waals surface area contributed by atoms with Gasteiger partial charge in [-0.1, -0.05) is 51.1 Å². The normalized spacial score (nSPS) is 18.7. The quantitative estimate of drug-likeness (QED) is 0.321. The van der Waals surface area contributed by atoms with Crippen LogP contribution >= 0.6 is 0 Å². The Hall–Kier alpha value is -2.97. The molecule has 0 radical (unpaired) electrons. The van der Waals surface area contributed by atoms with Gasteiger partial charge in [0.2, 0.25) is 0 Å². The van der Waals surface area contributed by atoms with Gasteiger partial charge in [-0.05, 0) is 41.9 Å². The number of H-pyrrole nitrogens is 1. The number of Topliss-reactive ketones (excluding diaryl/α,β-unsaturated/α-hetero) is 1. The zero-order valence-corrected chi connectivity index (χ0v) is 21.9. The average Bonchev–Trinajstić information content (AvgIpc) is 3.40. The number of halogens is 1. The number of carbonyl (C=O) groups is 2. The van der Waals surface area contributed by atoms with E-state index < -0.39 is 20.5 Å². The summed E-state index contributed by atoms with van der Waals surface area (Å²) in [4.78, 5) is 31.3. The van der Waals surface area contributed by atoms with E-state index in [1.165, 1.54) is 17.0 Å². The second kappa shape index (κ2) is 9.58. The van der Waals surface area contributed by atoms with E-state index in [1.807, 2.05) is 30.3 Å². The number of benzene rings is 2. The molecule has 8 heteroatoms. The van der Waals surface area contributed by atoms with Gasteiger partial charge in [-0.15, -0.1) is 0 Å². The summed E-state index contributed by atoms with van der Waals surface area (Å²) >= 11 is 0. The van der Waals surface area contributed by atoms with Gasteiger partial charge in [0.05, 0.1) is 6.10 Å². The van der Waals surface area contributed by atoms with Crippen LogP contribution < -0.4 is 0 Å². The van der Waals surface area contributed by atoms with E-state index in [0.717, 1.165) is 5.56 Å². The van der Waals surface area contributed by atoms with Crippen LogP contribution in [0.5, 0.6) is 0 Å². The van der Waals surface area contributed by atoms with Gasteiger partial charge in [-0.25, -0.2) is 9.18 Å². The lowest BCUT2D eigenvalue weighted by Gasteiger charge is -2.38. The molecule has 6 nitrogen and oxygen atoms in total. The summed E-state index contributed by atoms with van der Waals surface area (Å²) in [5, 5.41) is 0.622. The Bertz CT molecular complexity index is 1220. The summed E-state index contributed by atoms with van der Waals surface area (Å²) < 4.78 is 25.8. The third-order valence-electron chi connectivity index (χ3n) is 7.18. The van der Waals surface area contributed by atoms with Crippen molar-refractivity contribution in [1.82, 2.24) is 9.88 Å². The smallest absolute Gasteiger partial charge is 0.410 e. The van der Waals surface area contributed by atoms with Crippen molar-refractivity contribution < 1.29 is 23.1 Å². The molecule has 2 aromatic carbocycles. The van der Waals surface area contributed by atoms with Crippen LogP contribution in [-0.2, 0) is 15.8 Å². The molecule has 0 saturated carbocycles. The highest BCUT2D eigenvalue weighted by atomic mass is 28.4. The Morgan fingerprint density at radius 3 is 2.54 bits per heavy atom. The van der Waals surface area contributed by atoms with Crippen LogP contribution in [0.15, 0.2) is 54.7 Å². The molecule has 0 aliphatic carbocycles. The maximum absolute atomic E-state index is 13.7. The highest BCUT2D eigenvalue weighted by molar-refractivity contribution is 6.74. The van der Waals surface area contributed by atoms with Crippen LogP contribution in [0.1, 0.15) is 43.1 Å². The highest BCUT2D eigenvalue weighted by Gasteiger charge is 2.46. The highest BCUT2D eigenvalue weighted by Crippen LogP contribution is 2.39. The lowest BCUT2D eigenvalue weighted by atomic mass is 10.0. The summed E-state index contributed by atoms with van der Waals surface area (Å²) in [5.41, 5.74) is 1.84. The van der Waals surface area contributed by atoms with Crippen LogP contribution in [0.2, 0.25) is 18.1 Å². The molecule has 0 unspecified atom stereocenters. The number of ketones is 1. The number of aromatic nitrogens is 1. The first-order valence-corrected chi connectivity index (χ1v) is 14.8. The molecule has 1 aliphatic heterocycles. The van der Waals surface area contributed by atoms with E-state index in [0.29, 0.717) is 22.9 Å². The fraction of sp³-hybridized carbons (Fsp3) is 0.407. The predicted molar refractivity (Wildman–Crippen MR) is 136 cm³/mol. The van der Waals surface area contributed by atoms with Crippen molar-refractivity contribution in [3.63, 3.8) is 0 Å². The van der Waals surface area contributed by atoms with E-state index >= 15 is 0 Å². The number of carbonyl (C=O) groups excluding carboxylic acids is 2. The number of nitrogens with zero attached hydrogens (tertiary/aromatic N) is 1. The third-order valence-corrected chi connectivity index (χ3v) is 11.7. The lowest BCUT2D eigenvalue weighted by molar-refractivity contribution is 0.0731. The van der Waals surface area contributed by atoms with Crippen LogP contribution in [0.3, 0.4) is 0 Å². The fourth-order valence-corrected chi connectivity index (χ4v) is 5.57. The molecule has 186 valence electrons. The molecule has 1 saturated heterocycles. The zero-order chi connectivity index (χ0) is 25.4. The van der Waals surface area contributed by atoms with Gasteiger partial charge >= 0.3 is 6.09 Å². The van der Waals surface area contributed by atoms with Crippen molar-refractivity contribution in [2.75, 3.05) is 6.54 Å². The van der Waals surface area contributed by atoms with Gasteiger partial charge in [0.15, 0.2) is 14.1 Å². The SMILES string of the molecule is CC(C)(C)[Si](C)(C)O[C@@H]1C[C@@H](C(=O)c2c[nH]c3cc(F)ccc23)N(C(=O)OCc2ccccc2)C1. The number of aromatic amines is 1. The molecule has 0 bridgehead atoms. The summed E-state index contributed by atoms with van der Waals surface area (Å²) in [6, 6.07) is 13.0. The van der Waals surface area contributed by atoms with Crippen molar-refractivity contribution in [2.45, 2.75) is 64.1 Å². The van der Waals surface area contributed by atoms with Gasteiger partial charge in [0.1, 0.15) is 18.5 Å². The van der Waals surface area contributed by atoms with Gasteiger partial charge in [-0.3, -0.25) is 9.69 Å². The van der Waals surface area contributed by atoms with E-state index in [4.69, 9.17) is 9.16 Å². The molecule has 3 aromatic rings. The van der Waals surface area contributed by atoms with E-state index in [9.17, 15) is 14.0 Å². The second-order valence-corrected chi connectivity index (χ2v) is 15.5. The number of hydrogen-bond donors (Lipinski definition) is 1. The van der Waals surface area contributed by atoms with Crippen LogP contribution in [-0.4, -0.2) is 48.8 Å². The minimum Gasteiger partial charge on any atom is -0.445 e. The van der Waals surface area contributed by atoms with Gasteiger partial charge < -0.3 is 14.1 Å². The molecule has 1 N–H and O–H groups in total. The third kappa shape index (κ3) is 5.33. The molecular formula is C27H33FN2O4Si. The maximum atomic E-state index is 13.7. The fourth-order valence-electron chi connectivity index (χ4n) is 4.21. The monoisotopic (exact) mass is 496 g/mol. The number of ether oxygens (including phenoxy) is 1. The minimum atomic E-state index is -2.12. The number of likely N-dealkylation sites (tertiary alicyclic amines) is 1. The van der Waals surface area contributed by atoms with Crippen molar-refractivity contribution >= 4 is 31.1 Å². The summed E-state index contributed by atoms with van der Waals surface area (Å²) in [6.45, 7) is 11.2. The molecule has 0 spiro atoms. The molecule has 2 atom stereocenters. The van der Waals surface area contributed by atoms with E-state index in [1.54, 1.807) is 12.3 Å². The van der Waals surface area contributed by atoms with Crippen molar-refractivity contribution in [2.24, 2.45) is 0 Å². The van der Waals surface area contributed by atoms with Crippen molar-refractivity contribution in [1.29, 1.82) is 0 Å². The number of amides is 1. The molecule has 1 amide bonds. The standard InChI is InChI=1S/C27H33FN2O4Si/c1-27(2,3)35(4,5)34-20-14-24(25(31)22-15-29-23-13-19(28)11-12-21(22)23)30(16-20)26(32)33-17-18-9-7-6-8-10-18/h6-13,15,20,24,29H,14,16-17H2,1-5H3/t20-,24+/m1/s1. The van der Waals surface area contributed by atoms with E-state index in [-0.39, 0.29) is 35.9 Å². The van der Waals surface area contributed by atoms with Crippen LogP contribution in [0.4, 0.5) is 9.18 Å². The summed E-state index contributed by atoms with van der Waals surface area (Å²) in [5.74, 6) is -0.589. The van der Waals surface area contributed by atoms with Crippen LogP contribution in [0.25, 0.3) is 10.9 Å². The predicted octanol–water partition coefficient (Wildman–Crippen LogP) is 6.29. The first kappa shape index (κ1) is 25.1. The molecule has 4 rings (SSSR count). The first-order valence-electron chi connectivity index (χ1n) is 11.9. The number of nitrogens with one attached hydrogen (secondary N) is 1. The number of hydrogen-bond acceptors (Lipinski definition) is 4. The zero-order valence-electron chi connectivity index (χ0n) is 20.9. The lowest BCUT2D eigenvalue weighted by Crippen LogP contribution is -2.45. The Kier molecular flexibility index (Phi) is 6.88. The average molecular weight is 497 g/mol. The first-order chi connectivity index (χ1) is 16.5. The van der Waals surface area contributed by atoms with Crippen molar-refractivity contribution in [3.05, 3.63) is 71.7 Å². The molecular weight excluding hydrogens is 463 g/mol. The number of rotatable bonds is 6. The Labute approximate surface area is 206 Å². The minimum absolute atomic E-state index is 0.00530. The summed E-state index contributed by atoms with van der Waals surface area (Å²) in [6.07, 6.45) is 1.16. The van der Waals surface area contributed by atoms with Crippen molar-refractivity contribution in [3.8, 4) is 0 Å². The Balaban J connectivity index is 1.59. The second-order valence-electron chi connectivity index (χ2n) is 10.7. The maximum Gasteiger partial charge on any atom is 0.410 e. The van der Waals surface area contributed by atoms with Gasteiger partial charge in [-0.2, -0.15) is 0 Å².